The van der Waals surface area contributed by atoms with Crippen molar-refractivity contribution in [2.24, 2.45) is 0 Å². The summed E-state index contributed by atoms with van der Waals surface area (Å²) in [6.07, 6.45) is 0.394. The summed E-state index contributed by atoms with van der Waals surface area (Å²) in [5.74, 6) is -0.540. The Morgan fingerprint density at radius 2 is 1.67 bits per heavy atom. The van der Waals surface area contributed by atoms with Crippen LogP contribution < -0.4 is 5.32 Å². The van der Waals surface area contributed by atoms with Gasteiger partial charge in [0.2, 0.25) is 6.10 Å². The van der Waals surface area contributed by atoms with Crippen LogP contribution in [0.25, 0.3) is 22.4 Å². The molecule has 1 atom stereocenters. The maximum absolute atomic E-state index is 13.6. The molecule has 6 nitrogen and oxygen atoms in total. The number of nitrogens with one attached hydrogen (secondary N) is 1. The smallest absolute Gasteiger partial charge is 0.340 e. The minimum atomic E-state index is -1.15. The highest BCUT2D eigenvalue weighted by atomic mass is 16.5. The van der Waals surface area contributed by atoms with Gasteiger partial charge >= 0.3 is 5.97 Å². The maximum atomic E-state index is 13.6. The molecule has 36 heavy (non-hydrogen) atoms. The average Bonchev–Trinajstić information content (AvgIpc) is 3.44. The molecule has 1 unspecified atom stereocenters. The van der Waals surface area contributed by atoms with E-state index in [9.17, 15) is 9.59 Å². The summed E-state index contributed by atoms with van der Waals surface area (Å²) in [6.45, 7) is 3.87. The maximum Gasteiger partial charge on any atom is 0.340 e. The molecule has 1 N–H and O–H groups in total. The molecule has 0 aliphatic rings. The van der Waals surface area contributed by atoms with Crippen LogP contribution in [-0.2, 0) is 9.53 Å². The van der Waals surface area contributed by atoms with Gasteiger partial charge in [-0.2, -0.15) is 0 Å². The Bertz CT molecular complexity index is 1540. The lowest BCUT2D eigenvalue weighted by Gasteiger charge is -2.19. The van der Waals surface area contributed by atoms with Gasteiger partial charge in [0, 0.05) is 16.6 Å². The number of hydrogen-bond acceptors (Lipinski definition) is 5. The number of hydrogen-bond donors (Lipinski definition) is 1. The first-order valence-electron chi connectivity index (χ1n) is 11.6. The summed E-state index contributed by atoms with van der Waals surface area (Å²) in [4.78, 5) is 31.7. The van der Waals surface area contributed by atoms with Gasteiger partial charge in [0.15, 0.2) is 5.76 Å². The van der Waals surface area contributed by atoms with Crippen LogP contribution >= 0.6 is 0 Å². The molecule has 0 bridgehead atoms. The molecular formula is C30H24N2O4. The van der Waals surface area contributed by atoms with E-state index >= 15 is 0 Å². The SMILES string of the molecule is Cc1ccc(C)c(NC(=O)C(OC(=O)c2cc(-c3ccco3)nc3ccccc23)c2ccccc2)c1. The number of ether oxygens (including phenoxy) is 1. The second kappa shape index (κ2) is 9.88. The second-order valence-corrected chi connectivity index (χ2v) is 8.55. The van der Waals surface area contributed by atoms with E-state index in [-0.39, 0.29) is 0 Å². The number of carbonyl (C=O) groups is 2. The van der Waals surface area contributed by atoms with E-state index in [1.165, 1.54) is 0 Å². The Morgan fingerprint density at radius 1 is 0.889 bits per heavy atom. The number of pyridine rings is 1. The summed E-state index contributed by atoms with van der Waals surface area (Å²) in [7, 11) is 0. The number of aryl methyl sites for hydroxylation is 2. The summed E-state index contributed by atoms with van der Waals surface area (Å²) in [6, 6.07) is 27.3. The third-order valence-corrected chi connectivity index (χ3v) is 5.93. The largest absolute Gasteiger partial charge is 0.463 e. The molecule has 0 aliphatic heterocycles. The lowest BCUT2D eigenvalue weighted by molar-refractivity contribution is -0.125. The summed E-state index contributed by atoms with van der Waals surface area (Å²) in [5.41, 5.74) is 4.58. The van der Waals surface area contributed by atoms with Crippen molar-refractivity contribution >= 4 is 28.5 Å². The van der Waals surface area contributed by atoms with Crippen LogP contribution in [0.5, 0.6) is 0 Å². The molecule has 5 rings (SSSR count). The zero-order valence-electron chi connectivity index (χ0n) is 19.9. The first kappa shape index (κ1) is 23.1. The Hall–Kier alpha value is -4.71. The molecule has 6 heteroatoms. The minimum absolute atomic E-state index is 0.299. The van der Waals surface area contributed by atoms with Crippen molar-refractivity contribution < 1.29 is 18.7 Å². The van der Waals surface area contributed by atoms with Crippen LogP contribution in [-0.4, -0.2) is 16.9 Å². The molecule has 2 heterocycles. The Kier molecular flexibility index (Phi) is 6.33. The van der Waals surface area contributed by atoms with Crippen LogP contribution in [0.1, 0.15) is 33.2 Å². The number of fused-ring (bicyclic) bond motifs is 1. The average molecular weight is 477 g/mol. The van der Waals surface area contributed by atoms with E-state index in [1.54, 1.807) is 54.8 Å². The molecule has 0 aliphatic carbocycles. The topological polar surface area (TPSA) is 81.4 Å². The standard InChI is InChI=1S/C30H24N2O4/c1-19-14-15-20(2)25(17-19)32-29(33)28(21-9-4-3-5-10-21)36-30(34)23-18-26(27-13-8-16-35-27)31-24-12-7-6-11-22(23)24/h3-18,28H,1-2H3,(H,32,33). The number of furan rings is 1. The minimum Gasteiger partial charge on any atom is -0.463 e. The number of aromatic nitrogens is 1. The van der Waals surface area contributed by atoms with E-state index in [2.05, 4.69) is 10.3 Å². The summed E-state index contributed by atoms with van der Waals surface area (Å²) >= 11 is 0. The first-order valence-corrected chi connectivity index (χ1v) is 11.6. The second-order valence-electron chi connectivity index (χ2n) is 8.55. The van der Waals surface area contributed by atoms with Crippen LogP contribution in [0, 0.1) is 13.8 Å². The van der Waals surface area contributed by atoms with Crippen molar-refractivity contribution in [1.82, 2.24) is 4.98 Å². The molecule has 0 fully saturated rings. The van der Waals surface area contributed by atoms with Crippen molar-refractivity contribution in [2.75, 3.05) is 5.32 Å². The first-order chi connectivity index (χ1) is 17.5. The van der Waals surface area contributed by atoms with Crippen LogP contribution in [0.4, 0.5) is 5.69 Å². The van der Waals surface area contributed by atoms with Gasteiger partial charge in [-0.25, -0.2) is 9.78 Å². The van der Waals surface area contributed by atoms with Crippen molar-refractivity contribution in [2.45, 2.75) is 20.0 Å². The van der Waals surface area contributed by atoms with Gasteiger partial charge in [-0.3, -0.25) is 4.79 Å². The van der Waals surface area contributed by atoms with Gasteiger partial charge in [-0.15, -0.1) is 0 Å². The van der Waals surface area contributed by atoms with Crippen molar-refractivity contribution in [3.8, 4) is 11.5 Å². The monoisotopic (exact) mass is 476 g/mol. The van der Waals surface area contributed by atoms with Crippen LogP contribution in [0.3, 0.4) is 0 Å². The number of carbonyl (C=O) groups excluding carboxylic acids is 2. The molecule has 178 valence electrons. The van der Waals surface area contributed by atoms with Crippen molar-refractivity contribution in [3.05, 3.63) is 120 Å². The predicted molar refractivity (Wildman–Crippen MR) is 139 cm³/mol. The zero-order chi connectivity index (χ0) is 25.1. The van der Waals surface area contributed by atoms with Gasteiger partial charge in [0.25, 0.3) is 5.91 Å². The number of para-hydroxylation sites is 1. The molecule has 0 spiro atoms. The highest BCUT2D eigenvalue weighted by molar-refractivity contribution is 6.06. The number of rotatable bonds is 6. The van der Waals surface area contributed by atoms with Gasteiger partial charge in [0.05, 0.1) is 17.3 Å². The Labute approximate surface area is 208 Å². The summed E-state index contributed by atoms with van der Waals surface area (Å²) < 4.78 is 11.4. The van der Waals surface area contributed by atoms with Gasteiger partial charge in [0.1, 0.15) is 5.69 Å². The van der Waals surface area contributed by atoms with Crippen molar-refractivity contribution in [1.29, 1.82) is 0 Å². The predicted octanol–water partition coefficient (Wildman–Crippen LogP) is 6.65. The third-order valence-electron chi connectivity index (χ3n) is 5.93. The molecule has 5 aromatic rings. The molecule has 3 aromatic carbocycles. The quantitative estimate of drug-likeness (QED) is 0.278. The summed E-state index contributed by atoms with van der Waals surface area (Å²) in [5, 5.41) is 3.56. The number of esters is 1. The lowest BCUT2D eigenvalue weighted by atomic mass is 10.1. The van der Waals surface area contributed by atoms with E-state index in [0.717, 1.165) is 11.1 Å². The lowest BCUT2D eigenvalue weighted by Crippen LogP contribution is -2.26. The highest BCUT2D eigenvalue weighted by Gasteiger charge is 2.27. The van der Waals surface area contributed by atoms with E-state index in [1.807, 2.05) is 56.3 Å². The van der Waals surface area contributed by atoms with Crippen LogP contribution in [0.2, 0.25) is 0 Å². The zero-order valence-corrected chi connectivity index (χ0v) is 19.9. The fraction of sp³-hybridized carbons (Fsp3) is 0.100. The molecule has 0 radical (unpaired) electrons. The molecule has 0 saturated heterocycles. The molecule has 1 amide bonds. The van der Waals surface area contributed by atoms with Crippen molar-refractivity contribution in [3.63, 3.8) is 0 Å². The number of benzene rings is 3. The molecule has 0 saturated carbocycles. The fourth-order valence-electron chi connectivity index (χ4n) is 4.03. The Balaban J connectivity index is 1.52. The number of anilines is 1. The highest BCUT2D eigenvalue weighted by Crippen LogP contribution is 2.29. The molecule has 2 aromatic heterocycles. The van der Waals surface area contributed by atoms with Crippen LogP contribution in [0.15, 0.2) is 102 Å². The van der Waals surface area contributed by atoms with Gasteiger partial charge in [-0.1, -0.05) is 60.7 Å². The fourth-order valence-corrected chi connectivity index (χ4v) is 4.03. The van der Waals surface area contributed by atoms with E-state index in [0.29, 0.717) is 39.2 Å². The normalized spacial score (nSPS) is 11.7. The van der Waals surface area contributed by atoms with Gasteiger partial charge < -0.3 is 14.5 Å². The third kappa shape index (κ3) is 4.74. The van der Waals surface area contributed by atoms with Gasteiger partial charge in [-0.05, 0) is 55.3 Å². The van der Waals surface area contributed by atoms with E-state index < -0.39 is 18.0 Å². The molecular weight excluding hydrogens is 452 g/mol. The number of nitrogens with zero attached hydrogens (tertiary/aromatic N) is 1. The van der Waals surface area contributed by atoms with E-state index in [4.69, 9.17) is 9.15 Å². The Morgan fingerprint density at radius 3 is 2.44 bits per heavy atom. The number of amides is 1.